The molecule has 0 aliphatic rings. The summed E-state index contributed by atoms with van der Waals surface area (Å²) < 4.78 is 0.774. The number of halogens is 1. The van der Waals surface area contributed by atoms with Gasteiger partial charge in [0.2, 0.25) is 0 Å². The number of carbonyl (C=O) groups is 1. The molecule has 6 heteroatoms. The lowest BCUT2D eigenvalue weighted by Crippen LogP contribution is -2.13. The fourth-order valence-electron chi connectivity index (χ4n) is 1.45. The molecule has 1 amide bonds. The van der Waals surface area contributed by atoms with E-state index >= 15 is 0 Å². The number of rotatable bonds is 2. The van der Waals surface area contributed by atoms with Crippen molar-refractivity contribution in [1.82, 2.24) is 4.98 Å². The van der Waals surface area contributed by atoms with E-state index in [9.17, 15) is 4.79 Å². The second-order valence-electron chi connectivity index (χ2n) is 3.73. The Hall–Kier alpha value is -2.39. The average molecular weight is 317 g/mol. The van der Waals surface area contributed by atoms with Crippen molar-refractivity contribution in [2.45, 2.75) is 0 Å². The Morgan fingerprint density at radius 2 is 2.16 bits per heavy atom. The maximum Gasteiger partial charge on any atom is 0.257 e. The van der Waals surface area contributed by atoms with Crippen LogP contribution in [0.3, 0.4) is 0 Å². The molecule has 0 atom stereocenters. The van der Waals surface area contributed by atoms with Gasteiger partial charge in [0.15, 0.2) is 0 Å². The largest absolute Gasteiger partial charge is 0.384 e. The first kappa shape index (κ1) is 13.1. The van der Waals surface area contributed by atoms with Gasteiger partial charge in [0.1, 0.15) is 11.9 Å². The summed E-state index contributed by atoms with van der Waals surface area (Å²) in [6.45, 7) is 0. The van der Waals surface area contributed by atoms with Gasteiger partial charge in [-0.05, 0) is 30.3 Å². The molecule has 0 saturated carbocycles. The highest BCUT2D eigenvalue weighted by Crippen LogP contribution is 2.20. The number of pyridine rings is 1. The summed E-state index contributed by atoms with van der Waals surface area (Å²) in [7, 11) is 0. The van der Waals surface area contributed by atoms with Gasteiger partial charge < -0.3 is 11.1 Å². The van der Waals surface area contributed by atoms with E-state index in [1.165, 1.54) is 6.20 Å². The predicted octanol–water partition coefficient (Wildman–Crippen LogP) is 2.55. The monoisotopic (exact) mass is 316 g/mol. The van der Waals surface area contributed by atoms with E-state index in [1.807, 2.05) is 6.07 Å². The second-order valence-corrected chi connectivity index (χ2v) is 4.64. The number of hydrogen-bond donors (Lipinski definition) is 2. The Balaban J connectivity index is 2.24. The zero-order chi connectivity index (χ0) is 13.8. The number of nitrogens with one attached hydrogen (secondary N) is 1. The van der Waals surface area contributed by atoms with Crippen LogP contribution in [-0.4, -0.2) is 10.9 Å². The highest BCUT2D eigenvalue weighted by Gasteiger charge is 2.09. The van der Waals surface area contributed by atoms with Gasteiger partial charge in [-0.15, -0.1) is 0 Å². The molecule has 0 radical (unpaired) electrons. The molecule has 0 bridgehead atoms. The maximum atomic E-state index is 12.0. The third-order valence-electron chi connectivity index (χ3n) is 2.40. The molecule has 2 aromatic rings. The summed E-state index contributed by atoms with van der Waals surface area (Å²) in [4.78, 5) is 15.8. The summed E-state index contributed by atoms with van der Waals surface area (Å²) in [6, 6.07) is 10.2. The summed E-state index contributed by atoms with van der Waals surface area (Å²) >= 11 is 3.27. The SMILES string of the molecule is N#Cc1cc(Br)ccc1NC(=O)c1ccc(N)nc1. The highest BCUT2D eigenvalue weighted by atomic mass is 79.9. The lowest BCUT2D eigenvalue weighted by Gasteiger charge is -2.07. The van der Waals surface area contributed by atoms with Crippen LogP contribution in [0.4, 0.5) is 11.5 Å². The number of hydrogen-bond acceptors (Lipinski definition) is 4. The Morgan fingerprint density at radius 3 is 2.79 bits per heavy atom. The van der Waals surface area contributed by atoms with E-state index < -0.39 is 0 Å². The Labute approximate surface area is 118 Å². The summed E-state index contributed by atoms with van der Waals surface area (Å²) in [5.41, 5.74) is 6.66. The molecular formula is C13H9BrN4O. The summed E-state index contributed by atoms with van der Waals surface area (Å²) in [6.07, 6.45) is 1.38. The van der Waals surface area contributed by atoms with Crippen molar-refractivity contribution in [3.05, 3.63) is 52.1 Å². The Morgan fingerprint density at radius 1 is 1.37 bits per heavy atom. The lowest BCUT2D eigenvalue weighted by molar-refractivity contribution is 0.102. The summed E-state index contributed by atoms with van der Waals surface area (Å²) in [5.74, 6) is 0.00391. The van der Waals surface area contributed by atoms with Crippen LogP contribution in [0, 0.1) is 11.3 Å². The van der Waals surface area contributed by atoms with E-state index in [1.54, 1.807) is 30.3 Å². The molecule has 1 heterocycles. The van der Waals surface area contributed by atoms with Crippen LogP contribution in [0.5, 0.6) is 0 Å². The third kappa shape index (κ3) is 3.09. The second kappa shape index (κ2) is 5.50. The Bertz CT molecular complexity index is 661. The number of aromatic nitrogens is 1. The van der Waals surface area contributed by atoms with E-state index in [0.29, 0.717) is 22.6 Å². The third-order valence-corrected chi connectivity index (χ3v) is 2.89. The van der Waals surface area contributed by atoms with E-state index in [-0.39, 0.29) is 5.91 Å². The van der Waals surface area contributed by atoms with Crippen LogP contribution in [0.15, 0.2) is 41.0 Å². The van der Waals surface area contributed by atoms with Gasteiger partial charge in [0.25, 0.3) is 5.91 Å². The van der Waals surface area contributed by atoms with Crippen molar-refractivity contribution >= 4 is 33.3 Å². The van der Waals surface area contributed by atoms with Crippen molar-refractivity contribution in [3.63, 3.8) is 0 Å². The van der Waals surface area contributed by atoms with Crippen LogP contribution >= 0.6 is 15.9 Å². The fraction of sp³-hybridized carbons (Fsp3) is 0. The molecule has 1 aromatic carbocycles. The zero-order valence-electron chi connectivity index (χ0n) is 9.72. The number of nitrogens with two attached hydrogens (primary N) is 1. The predicted molar refractivity (Wildman–Crippen MR) is 75.5 cm³/mol. The zero-order valence-corrected chi connectivity index (χ0v) is 11.3. The molecule has 0 fully saturated rings. The standard InChI is InChI=1S/C13H9BrN4O/c14-10-2-3-11(9(5-10)6-15)18-13(19)8-1-4-12(16)17-7-8/h1-5,7H,(H2,16,17)(H,18,19). The van der Waals surface area contributed by atoms with Crippen LogP contribution in [0.25, 0.3) is 0 Å². The number of amides is 1. The van der Waals surface area contributed by atoms with Gasteiger partial charge >= 0.3 is 0 Å². The minimum absolute atomic E-state index is 0.341. The van der Waals surface area contributed by atoms with Gasteiger partial charge in [-0.1, -0.05) is 15.9 Å². The average Bonchev–Trinajstić information content (AvgIpc) is 2.41. The van der Waals surface area contributed by atoms with Gasteiger partial charge in [0, 0.05) is 10.7 Å². The van der Waals surface area contributed by atoms with Crippen molar-refractivity contribution in [1.29, 1.82) is 5.26 Å². The first-order chi connectivity index (χ1) is 9.10. The first-order valence-corrected chi connectivity index (χ1v) is 6.12. The number of nitrogen functional groups attached to an aromatic ring is 1. The van der Waals surface area contributed by atoms with Gasteiger partial charge in [-0.3, -0.25) is 4.79 Å². The minimum Gasteiger partial charge on any atom is -0.384 e. The normalized spacial score (nSPS) is 9.68. The molecule has 94 valence electrons. The molecule has 0 aliphatic heterocycles. The number of carbonyl (C=O) groups excluding carboxylic acids is 1. The molecule has 0 aliphatic carbocycles. The number of benzene rings is 1. The molecule has 2 rings (SSSR count). The smallest absolute Gasteiger partial charge is 0.257 e. The molecular weight excluding hydrogens is 308 g/mol. The Kier molecular flexibility index (Phi) is 3.78. The van der Waals surface area contributed by atoms with E-state index in [0.717, 1.165) is 4.47 Å². The van der Waals surface area contributed by atoms with Gasteiger partial charge in [-0.25, -0.2) is 4.98 Å². The lowest BCUT2D eigenvalue weighted by atomic mass is 10.2. The van der Waals surface area contributed by atoms with Crippen molar-refractivity contribution in [2.75, 3.05) is 11.1 Å². The molecule has 0 saturated heterocycles. The van der Waals surface area contributed by atoms with Crippen LogP contribution in [0.2, 0.25) is 0 Å². The van der Waals surface area contributed by atoms with Crippen LogP contribution < -0.4 is 11.1 Å². The van der Waals surface area contributed by atoms with Gasteiger partial charge in [-0.2, -0.15) is 5.26 Å². The van der Waals surface area contributed by atoms with Gasteiger partial charge in [0.05, 0.1) is 16.8 Å². The quantitative estimate of drug-likeness (QED) is 0.890. The first-order valence-electron chi connectivity index (χ1n) is 5.32. The maximum absolute atomic E-state index is 12.0. The van der Waals surface area contributed by atoms with Crippen molar-refractivity contribution in [2.24, 2.45) is 0 Å². The van der Waals surface area contributed by atoms with Crippen LogP contribution in [-0.2, 0) is 0 Å². The molecule has 0 spiro atoms. The highest BCUT2D eigenvalue weighted by molar-refractivity contribution is 9.10. The van der Waals surface area contributed by atoms with Crippen molar-refractivity contribution < 1.29 is 4.79 Å². The van der Waals surface area contributed by atoms with E-state index in [4.69, 9.17) is 11.0 Å². The fourth-order valence-corrected chi connectivity index (χ4v) is 1.81. The van der Waals surface area contributed by atoms with Crippen LogP contribution in [0.1, 0.15) is 15.9 Å². The molecule has 3 N–H and O–H groups in total. The topological polar surface area (TPSA) is 91.8 Å². The van der Waals surface area contributed by atoms with Crippen molar-refractivity contribution in [3.8, 4) is 6.07 Å². The summed E-state index contributed by atoms with van der Waals surface area (Å²) in [5, 5.41) is 11.7. The number of anilines is 2. The van der Waals surface area contributed by atoms with E-state index in [2.05, 4.69) is 26.2 Å². The molecule has 0 unspecified atom stereocenters. The molecule has 19 heavy (non-hydrogen) atoms. The number of nitrogens with zero attached hydrogens (tertiary/aromatic N) is 2. The molecule has 5 nitrogen and oxygen atoms in total. The molecule has 1 aromatic heterocycles. The minimum atomic E-state index is -0.341. The number of nitriles is 1.